The maximum Gasteiger partial charge on any atom is 0.305 e. The van der Waals surface area contributed by atoms with Gasteiger partial charge in [0.05, 0.1) is 13.7 Å². The van der Waals surface area contributed by atoms with Gasteiger partial charge >= 0.3 is 11.9 Å². The van der Waals surface area contributed by atoms with Crippen molar-refractivity contribution in [3.8, 4) is 0 Å². The van der Waals surface area contributed by atoms with Crippen LogP contribution in [-0.2, 0) is 25.5 Å². The number of methoxy groups -OCH3 is 1. The van der Waals surface area contributed by atoms with Crippen molar-refractivity contribution in [2.75, 3.05) is 19.9 Å². The Hall–Kier alpha value is -1.41. The second kappa shape index (κ2) is 11.7. The molecule has 1 rings (SSSR count). The zero-order valence-electron chi connectivity index (χ0n) is 11.4. The van der Waals surface area contributed by atoms with Crippen LogP contribution in [0.15, 0.2) is 30.3 Å². The molecule has 0 aliphatic heterocycles. The van der Waals surface area contributed by atoms with Gasteiger partial charge in [-0.05, 0) is 11.7 Å². The van der Waals surface area contributed by atoms with Crippen LogP contribution in [0.5, 0.6) is 0 Å². The molecule has 0 heterocycles. The molecule has 4 nitrogen and oxygen atoms in total. The molecular weight excluding hydrogens is 263 g/mol. The van der Waals surface area contributed by atoms with Crippen LogP contribution in [0.1, 0.15) is 18.9 Å². The fourth-order valence-electron chi connectivity index (χ4n) is 1.18. The van der Waals surface area contributed by atoms with E-state index in [2.05, 4.69) is 14.0 Å². The number of carbonyl (C=O) groups is 2. The average Bonchev–Trinajstić information content (AvgIpc) is 2.40. The summed E-state index contributed by atoms with van der Waals surface area (Å²) in [6.07, 6.45) is 2.08. The molecule has 1 aromatic rings. The van der Waals surface area contributed by atoms with Crippen LogP contribution in [0.2, 0.25) is 0 Å². The van der Waals surface area contributed by atoms with E-state index >= 15 is 0 Å². The maximum absolute atomic E-state index is 10.4. The lowest BCUT2D eigenvalue weighted by atomic mass is 10.2. The molecule has 0 saturated carbocycles. The van der Waals surface area contributed by atoms with Gasteiger partial charge in [0, 0.05) is 19.8 Å². The molecule has 106 valence electrons. The van der Waals surface area contributed by atoms with Gasteiger partial charge in [-0.15, -0.1) is 9.24 Å². The Bertz CT molecular complexity index is 365. The summed E-state index contributed by atoms with van der Waals surface area (Å²) in [5.41, 5.74) is 1.19. The molecule has 0 aliphatic carbocycles. The Labute approximate surface area is 116 Å². The Balaban J connectivity index is 0.000000399. The van der Waals surface area contributed by atoms with Gasteiger partial charge in [0.2, 0.25) is 0 Å². The van der Waals surface area contributed by atoms with Crippen molar-refractivity contribution in [1.82, 2.24) is 0 Å². The summed E-state index contributed by atoms with van der Waals surface area (Å²) < 4.78 is 9.15. The van der Waals surface area contributed by atoms with E-state index in [1.807, 2.05) is 30.3 Å². The summed E-state index contributed by atoms with van der Waals surface area (Å²) in [7, 11) is 3.84. The highest BCUT2D eigenvalue weighted by Crippen LogP contribution is 1.99. The molecule has 0 fully saturated rings. The van der Waals surface area contributed by atoms with Crippen LogP contribution < -0.4 is 0 Å². The average molecular weight is 284 g/mol. The maximum atomic E-state index is 10.4. The lowest BCUT2D eigenvalue weighted by Gasteiger charge is -2.00. The van der Waals surface area contributed by atoms with E-state index in [1.165, 1.54) is 19.6 Å². The number of ether oxygens (including phenoxy) is 2. The third-order valence-corrected chi connectivity index (χ3v) is 2.40. The first-order valence-electron chi connectivity index (χ1n) is 6.04. The third kappa shape index (κ3) is 11.4. The molecule has 0 amide bonds. The van der Waals surface area contributed by atoms with Crippen LogP contribution in [0.3, 0.4) is 0 Å². The minimum Gasteiger partial charge on any atom is -0.469 e. The van der Waals surface area contributed by atoms with E-state index in [0.717, 1.165) is 12.6 Å². The van der Waals surface area contributed by atoms with Crippen molar-refractivity contribution in [1.29, 1.82) is 0 Å². The molecule has 0 bridgehead atoms. The van der Waals surface area contributed by atoms with Gasteiger partial charge in [0.15, 0.2) is 0 Å². The summed E-state index contributed by atoms with van der Waals surface area (Å²) in [5, 5.41) is 0. The van der Waals surface area contributed by atoms with Crippen molar-refractivity contribution in [2.45, 2.75) is 19.8 Å². The zero-order chi connectivity index (χ0) is 14.5. The molecule has 0 N–H and O–H groups in total. The molecule has 0 aliphatic rings. The molecule has 19 heavy (non-hydrogen) atoms. The SMILES string of the molecule is CC(=O)OCCc1ccccc1.COC(=O)CCP. The fraction of sp³-hybridized carbons (Fsp3) is 0.429. The van der Waals surface area contributed by atoms with Crippen molar-refractivity contribution in [3.05, 3.63) is 35.9 Å². The van der Waals surface area contributed by atoms with Gasteiger partial charge in [-0.1, -0.05) is 30.3 Å². The summed E-state index contributed by atoms with van der Waals surface area (Å²) >= 11 is 0. The topological polar surface area (TPSA) is 52.6 Å². The van der Waals surface area contributed by atoms with Gasteiger partial charge in [-0.3, -0.25) is 9.59 Å². The van der Waals surface area contributed by atoms with Crippen LogP contribution in [0.25, 0.3) is 0 Å². The Morgan fingerprint density at radius 2 is 1.84 bits per heavy atom. The second-order valence-electron chi connectivity index (χ2n) is 3.69. The monoisotopic (exact) mass is 284 g/mol. The van der Waals surface area contributed by atoms with E-state index in [1.54, 1.807) is 0 Å². The predicted octanol–water partition coefficient (Wildman–Crippen LogP) is 2.22. The Morgan fingerprint density at radius 3 is 2.26 bits per heavy atom. The van der Waals surface area contributed by atoms with E-state index in [4.69, 9.17) is 4.74 Å². The number of hydrogen-bond acceptors (Lipinski definition) is 4. The minimum absolute atomic E-state index is 0.144. The van der Waals surface area contributed by atoms with Crippen molar-refractivity contribution >= 4 is 21.2 Å². The first kappa shape index (κ1) is 17.6. The smallest absolute Gasteiger partial charge is 0.305 e. The molecule has 5 heteroatoms. The molecule has 0 aromatic heterocycles. The summed E-state index contributed by atoms with van der Waals surface area (Å²) in [6, 6.07) is 9.95. The second-order valence-corrected chi connectivity index (χ2v) is 4.27. The highest BCUT2D eigenvalue weighted by Gasteiger charge is 1.94. The molecule has 0 radical (unpaired) electrons. The van der Waals surface area contributed by atoms with Crippen molar-refractivity contribution in [2.24, 2.45) is 0 Å². The fourth-order valence-corrected chi connectivity index (χ4v) is 1.41. The number of benzene rings is 1. The third-order valence-electron chi connectivity index (χ3n) is 2.12. The van der Waals surface area contributed by atoms with Gasteiger partial charge in [-0.25, -0.2) is 0 Å². The largest absolute Gasteiger partial charge is 0.469 e. The first-order valence-corrected chi connectivity index (χ1v) is 6.86. The van der Waals surface area contributed by atoms with Gasteiger partial charge in [0.25, 0.3) is 0 Å². The van der Waals surface area contributed by atoms with Gasteiger partial charge < -0.3 is 9.47 Å². The van der Waals surface area contributed by atoms with E-state index in [9.17, 15) is 9.59 Å². The number of carbonyl (C=O) groups excluding carboxylic acids is 2. The number of hydrogen-bond donors (Lipinski definition) is 0. The van der Waals surface area contributed by atoms with E-state index in [0.29, 0.717) is 13.0 Å². The lowest BCUT2D eigenvalue weighted by molar-refractivity contribution is -0.141. The van der Waals surface area contributed by atoms with Crippen LogP contribution in [0.4, 0.5) is 0 Å². The molecule has 0 saturated heterocycles. The lowest BCUT2D eigenvalue weighted by Crippen LogP contribution is -2.02. The predicted molar refractivity (Wildman–Crippen MR) is 78.0 cm³/mol. The van der Waals surface area contributed by atoms with Gasteiger partial charge in [-0.2, -0.15) is 0 Å². The summed E-state index contributed by atoms with van der Waals surface area (Å²) in [6.45, 7) is 1.89. The normalized spacial score (nSPS) is 9.00. The Kier molecular flexibility index (Phi) is 10.8. The van der Waals surface area contributed by atoms with Crippen molar-refractivity contribution < 1.29 is 19.1 Å². The van der Waals surface area contributed by atoms with E-state index < -0.39 is 0 Å². The minimum atomic E-state index is -0.217. The number of esters is 2. The summed E-state index contributed by atoms with van der Waals surface area (Å²) in [5.74, 6) is -0.360. The van der Waals surface area contributed by atoms with Crippen molar-refractivity contribution in [3.63, 3.8) is 0 Å². The van der Waals surface area contributed by atoms with Gasteiger partial charge in [0.1, 0.15) is 0 Å². The number of rotatable bonds is 5. The summed E-state index contributed by atoms with van der Waals surface area (Å²) in [4.78, 5) is 20.6. The molecule has 1 atom stereocenters. The molecular formula is C14H21O4P. The molecule has 1 aromatic carbocycles. The standard InChI is InChI=1S/C10H12O2.C4H9O2P/c1-9(11)12-8-7-10-5-3-2-4-6-10;1-6-4(5)2-3-7/h2-6H,7-8H2,1H3;2-3,7H2,1H3. The van der Waals surface area contributed by atoms with Crippen LogP contribution in [0, 0.1) is 0 Å². The quantitative estimate of drug-likeness (QED) is 0.614. The van der Waals surface area contributed by atoms with Crippen LogP contribution in [-0.4, -0.2) is 31.8 Å². The highest BCUT2D eigenvalue weighted by molar-refractivity contribution is 7.16. The molecule has 1 unspecified atom stereocenters. The first-order chi connectivity index (χ1) is 9.10. The zero-order valence-corrected chi connectivity index (χ0v) is 12.6. The highest BCUT2D eigenvalue weighted by atomic mass is 31.0. The Morgan fingerprint density at radius 1 is 1.21 bits per heavy atom. The van der Waals surface area contributed by atoms with E-state index in [-0.39, 0.29) is 11.9 Å². The molecule has 0 spiro atoms. The van der Waals surface area contributed by atoms with Crippen LogP contribution >= 0.6 is 9.24 Å².